The normalized spacial score (nSPS) is 13.0. The van der Waals surface area contributed by atoms with Crippen molar-refractivity contribution in [2.75, 3.05) is 11.6 Å². The Hall–Kier alpha value is -1.95. The predicted octanol–water partition coefficient (Wildman–Crippen LogP) is 2.67. The lowest BCUT2D eigenvalue weighted by Gasteiger charge is -2.15. The zero-order valence-corrected chi connectivity index (χ0v) is 13.4. The summed E-state index contributed by atoms with van der Waals surface area (Å²) < 4.78 is 22.9. The molecule has 1 atom stereocenters. The molecule has 0 amide bonds. The summed E-state index contributed by atoms with van der Waals surface area (Å²) >= 11 is 0. The molecule has 112 valence electrons. The van der Waals surface area contributed by atoms with E-state index in [1.165, 1.54) is 6.26 Å². The Morgan fingerprint density at radius 2 is 1.57 bits per heavy atom. The number of sulfone groups is 1. The standard InChI is InChI=1S/C15H19N3O2S/c1-10-9-11(2)17-15(16-10)18-12(3)13-5-7-14(8-6-13)21(4,19)20/h5-9,12H,1-4H3,(H,16,17,18). The average Bonchev–Trinajstić information content (AvgIpc) is 2.36. The molecule has 0 fully saturated rings. The SMILES string of the molecule is Cc1cc(C)nc(NC(C)c2ccc(S(C)(=O)=O)cc2)n1. The van der Waals surface area contributed by atoms with Crippen molar-refractivity contribution in [3.05, 3.63) is 47.3 Å². The fraction of sp³-hybridized carbons (Fsp3) is 0.333. The maximum absolute atomic E-state index is 11.4. The molecule has 2 aromatic rings. The second-order valence-corrected chi connectivity index (χ2v) is 7.20. The monoisotopic (exact) mass is 305 g/mol. The van der Waals surface area contributed by atoms with Gasteiger partial charge >= 0.3 is 0 Å². The summed E-state index contributed by atoms with van der Waals surface area (Å²) in [7, 11) is -3.16. The Morgan fingerprint density at radius 1 is 1.05 bits per heavy atom. The van der Waals surface area contributed by atoms with Crippen LogP contribution in [0, 0.1) is 13.8 Å². The van der Waals surface area contributed by atoms with E-state index in [1.807, 2.05) is 26.8 Å². The summed E-state index contributed by atoms with van der Waals surface area (Å²) in [6.07, 6.45) is 1.20. The Morgan fingerprint density at radius 3 is 2.05 bits per heavy atom. The van der Waals surface area contributed by atoms with Crippen LogP contribution in [0.15, 0.2) is 35.2 Å². The van der Waals surface area contributed by atoms with Gasteiger partial charge in [0, 0.05) is 17.6 Å². The Bertz CT molecular complexity index is 720. The third-order valence-electron chi connectivity index (χ3n) is 3.14. The van der Waals surface area contributed by atoms with Gasteiger partial charge in [0.05, 0.1) is 10.9 Å². The first-order valence-electron chi connectivity index (χ1n) is 6.64. The molecule has 6 heteroatoms. The maximum atomic E-state index is 11.4. The van der Waals surface area contributed by atoms with Crippen molar-refractivity contribution in [1.29, 1.82) is 0 Å². The highest BCUT2D eigenvalue weighted by molar-refractivity contribution is 7.90. The number of benzene rings is 1. The van der Waals surface area contributed by atoms with Crippen LogP contribution in [0.25, 0.3) is 0 Å². The molecule has 0 aliphatic heterocycles. The summed E-state index contributed by atoms with van der Waals surface area (Å²) in [4.78, 5) is 9.00. The van der Waals surface area contributed by atoms with Crippen LogP contribution < -0.4 is 5.32 Å². The first-order chi connectivity index (χ1) is 9.75. The van der Waals surface area contributed by atoms with E-state index in [4.69, 9.17) is 0 Å². The lowest BCUT2D eigenvalue weighted by atomic mass is 10.1. The molecule has 0 spiro atoms. The number of anilines is 1. The van der Waals surface area contributed by atoms with Crippen LogP contribution in [0.5, 0.6) is 0 Å². The lowest BCUT2D eigenvalue weighted by Crippen LogP contribution is -2.10. The third kappa shape index (κ3) is 4.01. The van der Waals surface area contributed by atoms with E-state index in [0.717, 1.165) is 17.0 Å². The molecule has 21 heavy (non-hydrogen) atoms. The topological polar surface area (TPSA) is 72.0 Å². The summed E-state index contributed by atoms with van der Waals surface area (Å²) in [5.74, 6) is 0.576. The quantitative estimate of drug-likeness (QED) is 0.940. The first-order valence-corrected chi connectivity index (χ1v) is 8.53. The number of aryl methyl sites for hydroxylation is 2. The fourth-order valence-electron chi connectivity index (χ4n) is 2.07. The summed E-state index contributed by atoms with van der Waals surface area (Å²) in [5, 5.41) is 3.23. The molecule has 0 aliphatic rings. The second kappa shape index (κ2) is 5.81. The molecule has 0 bridgehead atoms. The van der Waals surface area contributed by atoms with Gasteiger partial charge in [-0.05, 0) is 44.5 Å². The molecule has 1 heterocycles. The highest BCUT2D eigenvalue weighted by Gasteiger charge is 2.10. The van der Waals surface area contributed by atoms with Crippen molar-refractivity contribution in [2.45, 2.75) is 31.7 Å². The lowest BCUT2D eigenvalue weighted by molar-refractivity contribution is 0.602. The van der Waals surface area contributed by atoms with Crippen LogP contribution in [0.2, 0.25) is 0 Å². The molecule has 1 aromatic heterocycles. The highest BCUT2D eigenvalue weighted by Crippen LogP contribution is 2.19. The van der Waals surface area contributed by atoms with Gasteiger partial charge in [-0.25, -0.2) is 18.4 Å². The van der Waals surface area contributed by atoms with Crippen molar-refractivity contribution < 1.29 is 8.42 Å². The van der Waals surface area contributed by atoms with Gasteiger partial charge in [0.1, 0.15) is 0 Å². The Labute approximate surface area is 125 Å². The number of hydrogen-bond acceptors (Lipinski definition) is 5. The van der Waals surface area contributed by atoms with E-state index in [9.17, 15) is 8.42 Å². The highest BCUT2D eigenvalue weighted by atomic mass is 32.2. The Balaban J connectivity index is 2.18. The molecule has 0 radical (unpaired) electrons. The van der Waals surface area contributed by atoms with E-state index in [0.29, 0.717) is 10.8 Å². The van der Waals surface area contributed by atoms with Gasteiger partial charge in [-0.2, -0.15) is 0 Å². The van der Waals surface area contributed by atoms with Gasteiger partial charge in [0.2, 0.25) is 5.95 Å². The van der Waals surface area contributed by atoms with E-state index in [-0.39, 0.29) is 6.04 Å². The van der Waals surface area contributed by atoms with E-state index in [1.54, 1.807) is 24.3 Å². The molecule has 0 saturated heterocycles. The van der Waals surface area contributed by atoms with Crippen molar-refractivity contribution in [3.8, 4) is 0 Å². The zero-order chi connectivity index (χ0) is 15.6. The predicted molar refractivity (Wildman–Crippen MR) is 83.1 cm³/mol. The molecule has 0 aliphatic carbocycles. The molecule has 0 saturated carbocycles. The van der Waals surface area contributed by atoms with Crippen LogP contribution in [-0.4, -0.2) is 24.6 Å². The van der Waals surface area contributed by atoms with Gasteiger partial charge in [0.15, 0.2) is 9.84 Å². The molecule has 2 rings (SSSR count). The molecular formula is C15H19N3O2S. The van der Waals surface area contributed by atoms with Crippen LogP contribution in [0.3, 0.4) is 0 Å². The number of aromatic nitrogens is 2. The minimum absolute atomic E-state index is 0.0141. The van der Waals surface area contributed by atoms with Crippen LogP contribution >= 0.6 is 0 Å². The van der Waals surface area contributed by atoms with Crippen LogP contribution in [-0.2, 0) is 9.84 Å². The molecule has 1 N–H and O–H groups in total. The van der Waals surface area contributed by atoms with Gasteiger partial charge in [-0.15, -0.1) is 0 Å². The smallest absolute Gasteiger partial charge is 0.223 e. The fourth-order valence-corrected chi connectivity index (χ4v) is 2.70. The minimum atomic E-state index is -3.16. The number of rotatable bonds is 4. The van der Waals surface area contributed by atoms with Crippen molar-refractivity contribution in [1.82, 2.24) is 9.97 Å². The maximum Gasteiger partial charge on any atom is 0.223 e. The molecule has 1 aromatic carbocycles. The molecule has 1 unspecified atom stereocenters. The summed E-state index contributed by atoms with van der Waals surface area (Å²) in [5.41, 5.74) is 2.79. The van der Waals surface area contributed by atoms with Crippen molar-refractivity contribution >= 4 is 15.8 Å². The largest absolute Gasteiger partial charge is 0.348 e. The van der Waals surface area contributed by atoms with E-state index >= 15 is 0 Å². The van der Waals surface area contributed by atoms with Crippen molar-refractivity contribution in [3.63, 3.8) is 0 Å². The summed E-state index contributed by atoms with van der Waals surface area (Å²) in [6, 6.07) is 8.74. The van der Waals surface area contributed by atoms with E-state index in [2.05, 4.69) is 15.3 Å². The molecular weight excluding hydrogens is 286 g/mol. The van der Waals surface area contributed by atoms with Crippen molar-refractivity contribution in [2.24, 2.45) is 0 Å². The Kier molecular flexibility index (Phi) is 4.27. The van der Waals surface area contributed by atoms with Gasteiger partial charge in [-0.1, -0.05) is 12.1 Å². The van der Waals surface area contributed by atoms with Gasteiger partial charge in [-0.3, -0.25) is 0 Å². The van der Waals surface area contributed by atoms with E-state index < -0.39 is 9.84 Å². The minimum Gasteiger partial charge on any atom is -0.348 e. The number of nitrogens with zero attached hydrogens (tertiary/aromatic N) is 2. The van der Waals surface area contributed by atoms with Gasteiger partial charge in [0.25, 0.3) is 0 Å². The van der Waals surface area contributed by atoms with Gasteiger partial charge < -0.3 is 5.32 Å². The summed E-state index contributed by atoms with van der Waals surface area (Å²) in [6.45, 7) is 5.83. The number of hydrogen-bond donors (Lipinski definition) is 1. The second-order valence-electron chi connectivity index (χ2n) is 5.18. The van der Waals surface area contributed by atoms with Crippen LogP contribution in [0.1, 0.15) is 29.9 Å². The average molecular weight is 305 g/mol. The molecule has 5 nitrogen and oxygen atoms in total. The zero-order valence-electron chi connectivity index (χ0n) is 12.6. The number of nitrogens with one attached hydrogen (secondary N) is 1. The van der Waals surface area contributed by atoms with Crippen LogP contribution in [0.4, 0.5) is 5.95 Å². The first kappa shape index (κ1) is 15.4. The third-order valence-corrected chi connectivity index (χ3v) is 4.26.